The van der Waals surface area contributed by atoms with E-state index >= 15 is 0 Å². The number of aromatic amines is 1. The number of H-pyrrole nitrogens is 1. The molecule has 2 heterocycles. The summed E-state index contributed by atoms with van der Waals surface area (Å²) < 4.78 is 20.5. The fourth-order valence-corrected chi connectivity index (χ4v) is 5.15. The van der Waals surface area contributed by atoms with E-state index in [1.807, 2.05) is 60.7 Å². The number of benzene rings is 2. The van der Waals surface area contributed by atoms with Crippen LogP contribution >= 0.6 is 0 Å². The van der Waals surface area contributed by atoms with Crippen LogP contribution in [0.3, 0.4) is 0 Å². The van der Waals surface area contributed by atoms with Gasteiger partial charge in [-0.25, -0.2) is 4.79 Å². The molecule has 8 heteroatoms. The molecule has 2 aromatic carbocycles. The van der Waals surface area contributed by atoms with Crippen LogP contribution in [-0.4, -0.2) is 33.9 Å². The fourth-order valence-electron chi connectivity index (χ4n) is 5.15. The summed E-state index contributed by atoms with van der Waals surface area (Å²) in [5.41, 5.74) is 7.37. The van der Waals surface area contributed by atoms with Gasteiger partial charge in [-0.2, -0.15) is 0 Å². The maximum atomic E-state index is 12.7. The van der Waals surface area contributed by atoms with E-state index in [0.717, 1.165) is 11.1 Å². The number of hydrogen-bond donors (Lipinski definition) is 2. The van der Waals surface area contributed by atoms with Gasteiger partial charge in [0.15, 0.2) is 0 Å². The Bertz CT molecular complexity index is 1240. The Kier molecular flexibility index (Phi) is 6.22. The predicted octanol–water partition coefficient (Wildman–Crippen LogP) is 2.26. The van der Waals surface area contributed by atoms with Crippen LogP contribution in [0.15, 0.2) is 76.4 Å². The Hall–Kier alpha value is -3.04. The van der Waals surface area contributed by atoms with Crippen molar-refractivity contribution >= 4 is 0 Å². The summed E-state index contributed by atoms with van der Waals surface area (Å²) in [4.78, 5) is 26.9. The second-order valence-corrected chi connectivity index (χ2v) is 9.19. The van der Waals surface area contributed by atoms with Gasteiger partial charge in [-0.3, -0.25) is 14.3 Å². The average molecular weight is 464 g/mol. The van der Waals surface area contributed by atoms with Crippen LogP contribution in [0.25, 0.3) is 0 Å². The summed E-state index contributed by atoms with van der Waals surface area (Å²) in [5.74, 6) is -0.271. The Morgan fingerprint density at radius 3 is 2.38 bits per heavy atom. The van der Waals surface area contributed by atoms with Crippen LogP contribution in [0.4, 0.5) is 0 Å². The van der Waals surface area contributed by atoms with Gasteiger partial charge in [0.25, 0.3) is 5.56 Å². The van der Waals surface area contributed by atoms with Crippen molar-refractivity contribution in [2.45, 2.75) is 50.5 Å². The van der Waals surface area contributed by atoms with Crippen molar-refractivity contribution in [1.82, 2.24) is 9.55 Å². The quantitative estimate of drug-likeness (QED) is 0.531. The normalized spacial score (nSPS) is 27.8. The zero-order valence-electron chi connectivity index (χ0n) is 19.1. The minimum absolute atomic E-state index is 0.251. The molecule has 2 bridgehead atoms. The van der Waals surface area contributed by atoms with E-state index in [1.165, 1.54) is 10.8 Å². The number of nitrogens with zero attached hydrogens (tertiary/aromatic N) is 1. The SMILES string of the molecule is Cc1cn([C@@H]2O[C@@]3(COCc4ccccc4)C[C@H](N)[C@@H]2[C@@H]3OCc2ccccc2)c(=O)[nH]c1=O. The van der Waals surface area contributed by atoms with E-state index in [2.05, 4.69) is 4.98 Å². The van der Waals surface area contributed by atoms with Crippen LogP contribution in [-0.2, 0) is 27.4 Å². The van der Waals surface area contributed by atoms with Gasteiger partial charge in [-0.15, -0.1) is 0 Å². The molecule has 3 aromatic rings. The third-order valence-electron chi connectivity index (χ3n) is 6.78. The molecule has 1 aromatic heterocycles. The molecule has 5 atom stereocenters. The molecule has 1 aliphatic carbocycles. The lowest BCUT2D eigenvalue weighted by Gasteiger charge is -2.34. The number of ether oxygens (including phenoxy) is 3. The smallest absolute Gasteiger partial charge is 0.330 e. The predicted molar refractivity (Wildman–Crippen MR) is 126 cm³/mol. The second-order valence-electron chi connectivity index (χ2n) is 9.19. The molecule has 1 saturated carbocycles. The summed E-state index contributed by atoms with van der Waals surface area (Å²) in [5, 5.41) is 0. The van der Waals surface area contributed by atoms with E-state index in [0.29, 0.717) is 25.2 Å². The van der Waals surface area contributed by atoms with Gasteiger partial charge in [0.05, 0.1) is 25.9 Å². The minimum Gasteiger partial charge on any atom is -0.374 e. The Balaban J connectivity index is 1.43. The second kappa shape index (κ2) is 9.31. The lowest BCUT2D eigenvalue weighted by Crippen LogP contribution is -2.46. The Morgan fingerprint density at radius 1 is 1.06 bits per heavy atom. The van der Waals surface area contributed by atoms with Crippen molar-refractivity contribution in [3.63, 3.8) is 0 Å². The molecule has 2 aliphatic rings. The van der Waals surface area contributed by atoms with Crippen LogP contribution in [0.5, 0.6) is 0 Å². The molecule has 0 radical (unpaired) electrons. The average Bonchev–Trinajstić information content (AvgIpc) is 3.29. The van der Waals surface area contributed by atoms with Gasteiger partial charge < -0.3 is 19.9 Å². The molecule has 0 unspecified atom stereocenters. The Labute approximate surface area is 197 Å². The van der Waals surface area contributed by atoms with Gasteiger partial charge in [-0.05, 0) is 24.5 Å². The number of aromatic nitrogens is 2. The molecular weight excluding hydrogens is 434 g/mol. The first kappa shape index (κ1) is 22.7. The number of fused-ring (bicyclic) bond motifs is 2. The van der Waals surface area contributed by atoms with Crippen LogP contribution in [0, 0.1) is 12.8 Å². The van der Waals surface area contributed by atoms with E-state index in [-0.39, 0.29) is 24.7 Å². The molecule has 1 saturated heterocycles. The maximum Gasteiger partial charge on any atom is 0.330 e. The molecule has 8 nitrogen and oxygen atoms in total. The lowest BCUT2D eigenvalue weighted by molar-refractivity contribution is -0.164. The van der Waals surface area contributed by atoms with Gasteiger partial charge in [0.1, 0.15) is 11.8 Å². The summed E-state index contributed by atoms with van der Waals surface area (Å²) in [6.07, 6.45) is 1.06. The molecule has 0 spiro atoms. The number of nitrogens with two attached hydrogens (primary N) is 1. The largest absolute Gasteiger partial charge is 0.374 e. The zero-order valence-corrected chi connectivity index (χ0v) is 19.1. The Morgan fingerprint density at radius 2 is 1.71 bits per heavy atom. The number of nitrogens with one attached hydrogen (secondary N) is 1. The lowest BCUT2D eigenvalue weighted by atomic mass is 9.99. The highest BCUT2D eigenvalue weighted by molar-refractivity contribution is 5.17. The molecule has 34 heavy (non-hydrogen) atoms. The highest BCUT2D eigenvalue weighted by atomic mass is 16.6. The maximum absolute atomic E-state index is 12.7. The molecule has 1 aliphatic heterocycles. The summed E-state index contributed by atoms with van der Waals surface area (Å²) >= 11 is 0. The zero-order chi connectivity index (χ0) is 23.7. The fraction of sp³-hybridized carbons (Fsp3) is 0.385. The van der Waals surface area contributed by atoms with Crippen molar-refractivity contribution in [2.24, 2.45) is 11.7 Å². The van der Waals surface area contributed by atoms with E-state index < -0.39 is 23.1 Å². The van der Waals surface area contributed by atoms with E-state index in [9.17, 15) is 9.59 Å². The van der Waals surface area contributed by atoms with Crippen molar-refractivity contribution in [3.8, 4) is 0 Å². The number of aryl methyl sites for hydroxylation is 1. The van der Waals surface area contributed by atoms with E-state index in [1.54, 1.807) is 6.92 Å². The first-order valence-corrected chi connectivity index (χ1v) is 11.5. The van der Waals surface area contributed by atoms with Crippen molar-refractivity contribution in [2.75, 3.05) is 6.61 Å². The highest BCUT2D eigenvalue weighted by Gasteiger charge is 2.65. The van der Waals surface area contributed by atoms with Gasteiger partial charge in [-0.1, -0.05) is 60.7 Å². The topological polar surface area (TPSA) is 109 Å². The molecule has 3 N–H and O–H groups in total. The standard InChI is InChI=1S/C26H29N3O5/c1-17-13-29(25(31)28-23(17)30)24-21-20(27)12-26(34-24,16-32-14-18-8-4-2-5-9-18)22(21)33-15-19-10-6-3-7-11-19/h2-11,13,20-22,24H,12,14-16,27H2,1H3,(H,28,30,31)/t20-,21+,22-,24+,26+/m0/s1. The molecular formula is C26H29N3O5. The van der Waals surface area contributed by atoms with Crippen molar-refractivity contribution < 1.29 is 14.2 Å². The number of hydrogen-bond acceptors (Lipinski definition) is 6. The third-order valence-corrected chi connectivity index (χ3v) is 6.78. The first-order chi connectivity index (χ1) is 16.5. The molecule has 5 rings (SSSR count). The van der Waals surface area contributed by atoms with Crippen LogP contribution in [0.2, 0.25) is 0 Å². The van der Waals surface area contributed by atoms with Crippen molar-refractivity contribution in [1.29, 1.82) is 0 Å². The van der Waals surface area contributed by atoms with Crippen LogP contribution < -0.4 is 17.0 Å². The highest BCUT2D eigenvalue weighted by Crippen LogP contribution is 2.53. The van der Waals surface area contributed by atoms with E-state index in [4.69, 9.17) is 19.9 Å². The minimum atomic E-state index is -0.804. The number of rotatable bonds is 8. The summed E-state index contributed by atoms with van der Waals surface area (Å²) in [6.45, 7) is 2.76. The monoisotopic (exact) mass is 463 g/mol. The van der Waals surface area contributed by atoms with Crippen LogP contribution in [0.1, 0.15) is 29.3 Å². The third kappa shape index (κ3) is 4.25. The molecule has 178 valence electrons. The van der Waals surface area contributed by atoms with Crippen molar-refractivity contribution in [3.05, 3.63) is 104 Å². The van der Waals surface area contributed by atoms with Gasteiger partial charge in [0.2, 0.25) is 0 Å². The summed E-state index contributed by atoms with van der Waals surface area (Å²) in [7, 11) is 0. The molecule has 2 fully saturated rings. The summed E-state index contributed by atoms with van der Waals surface area (Å²) in [6, 6.07) is 19.6. The van der Waals surface area contributed by atoms with Gasteiger partial charge >= 0.3 is 5.69 Å². The molecule has 0 amide bonds. The van der Waals surface area contributed by atoms with Gasteiger partial charge in [0, 0.05) is 23.7 Å². The first-order valence-electron chi connectivity index (χ1n) is 11.5.